The van der Waals surface area contributed by atoms with Crippen molar-refractivity contribution in [3.05, 3.63) is 129 Å². The van der Waals surface area contributed by atoms with Gasteiger partial charge in [-0.25, -0.2) is 0 Å². The molecular formula is C46H44N4O6. The Morgan fingerprint density at radius 3 is 2.05 bits per heavy atom. The largest absolute Gasteiger partial charge is 0.508 e. The maximum atomic E-state index is 13.8. The van der Waals surface area contributed by atoms with E-state index in [2.05, 4.69) is 70.9 Å². The minimum atomic E-state index is -0.976. The zero-order valence-electron chi connectivity index (χ0n) is 31.2. The molecule has 6 aliphatic rings. The SMILES string of the molecule is O=C1CCC(N2C(=O)c3cc4c(cc3C2=O)CC2(C4)CN(C(=O)C3CCN(c4ccc(C5c6ccc(O)cc6CCC5c5ccccc5)cc4)CC3)C2)C(=O)N1. The van der Waals surface area contributed by atoms with Crippen LogP contribution in [0.5, 0.6) is 5.75 Å². The summed E-state index contributed by atoms with van der Waals surface area (Å²) in [5, 5.41) is 12.5. The maximum absolute atomic E-state index is 13.8. The number of nitrogens with one attached hydrogen (secondary N) is 1. The third-order valence-electron chi connectivity index (χ3n) is 13.5. The molecule has 4 aromatic rings. The monoisotopic (exact) mass is 748 g/mol. The lowest BCUT2D eigenvalue weighted by atomic mass is 9.69. The molecule has 4 aromatic carbocycles. The number of hydrogen-bond donors (Lipinski definition) is 2. The van der Waals surface area contributed by atoms with Crippen LogP contribution in [0.25, 0.3) is 0 Å². The lowest BCUT2D eigenvalue weighted by Gasteiger charge is -2.50. The van der Waals surface area contributed by atoms with Crippen molar-refractivity contribution in [3.8, 4) is 5.75 Å². The highest BCUT2D eigenvalue weighted by Gasteiger charge is 2.52. The zero-order chi connectivity index (χ0) is 38.3. The van der Waals surface area contributed by atoms with Gasteiger partial charge in [-0.05, 0) is 121 Å². The Balaban J connectivity index is 0.763. The molecule has 10 nitrogen and oxygen atoms in total. The molecule has 0 aromatic heterocycles. The smallest absolute Gasteiger partial charge is 0.262 e. The van der Waals surface area contributed by atoms with Gasteiger partial charge in [0, 0.05) is 55.5 Å². The fourth-order valence-electron chi connectivity index (χ4n) is 10.8. The number of anilines is 1. The number of nitrogens with zero attached hydrogens (tertiary/aromatic N) is 3. The van der Waals surface area contributed by atoms with Crippen LogP contribution in [0.15, 0.2) is 84.9 Å². The predicted octanol–water partition coefficient (Wildman–Crippen LogP) is 5.50. The molecule has 4 heterocycles. The van der Waals surface area contributed by atoms with E-state index < -0.39 is 29.7 Å². The first-order chi connectivity index (χ1) is 27.1. The number of phenols is 1. The summed E-state index contributed by atoms with van der Waals surface area (Å²) in [6.45, 7) is 2.99. The van der Waals surface area contributed by atoms with Gasteiger partial charge in [-0.2, -0.15) is 0 Å². The second kappa shape index (κ2) is 13.2. The fraction of sp³-hybridized carbons (Fsp3) is 0.370. The first-order valence-corrected chi connectivity index (χ1v) is 20.0. The van der Waals surface area contributed by atoms with Crippen molar-refractivity contribution < 1.29 is 29.1 Å². The van der Waals surface area contributed by atoms with E-state index in [9.17, 15) is 29.1 Å². The van der Waals surface area contributed by atoms with E-state index in [1.54, 1.807) is 0 Å². The third-order valence-corrected chi connectivity index (χ3v) is 13.5. The predicted molar refractivity (Wildman–Crippen MR) is 208 cm³/mol. The number of likely N-dealkylation sites (tertiary alicyclic amines) is 1. The van der Waals surface area contributed by atoms with Crippen molar-refractivity contribution in [3.63, 3.8) is 0 Å². The van der Waals surface area contributed by atoms with Crippen molar-refractivity contribution in [2.45, 2.75) is 69.2 Å². The van der Waals surface area contributed by atoms with Gasteiger partial charge in [-0.1, -0.05) is 48.5 Å². The molecule has 3 saturated heterocycles. The van der Waals surface area contributed by atoms with Gasteiger partial charge in [-0.3, -0.25) is 34.2 Å². The normalized spacial score (nSPS) is 24.1. The Bertz CT molecular complexity index is 2260. The van der Waals surface area contributed by atoms with E-state index in [0.717, 1.165) is 67.6 Å². The fourth-order valence-corrected chi connectivity index (χ4v) is 10.8. The standard InChI is InChI=1S/C46H44N4O6/c51-34-11-13-36-30(20-34)8-12-35(27-4-2-1-3-5-27)41(36)28-6-9-33(10-7-28)48-18-16-29(17-19-48)43(54)49-25-46(26-49)23-31-21-37-38(22-32(31)24-46)45(56)50(44(37)55)39-14-15-40(52)47-42(39)53/h1-7,9-11,13,20-22,29,35,39,41,51H,8,12,14-19,23-26H2,(H,47,52,53). The number of phenolic OH excluding ortho intramolecular Hbond substituents is 1. The van der Waals surface area contributed by atoms with E-state index >= 15 is 0 Å². The van der Waals surface area contributed by atoms with Crippen molar-refractivity contribution in [1.29, 1.82) is 0 Å². The first-order valence-electron chi connectivity index (χ1n) is 20.0. The molecule has 0 bridgehead atoms. The van der Waals surface area contributed by atoms with Crippen LogP contribution in [-0.4, -0.2) is 76.7 Å². The lowest BCUT2D eigenvalue weighted by molar-refractivity contribution is -0.148. The van der Waals surface area contributed by atoms with Crippen LogP contribution in [-0.2, 0) is 33.6 Å². The highest BCUT2D eigenvalue weighted by Crippen LogP contribution is 2.48. The molecule has 4 aliphatic heterocycles. The second-order valence-electron chi connectivity index (χ2n) is 16.9. The summed E-state index contributed by atoms with van der Waals surface area (Å²) in [7, 11) is 0. The summed E-state index contributed by atoms with van der Waals surface area (Å²) in [4.78, 5) is 70.0. The van der Waals surface area contributed by atoms with Gasteiger partial charge >= 0.3 is 0 Å². The molecule has 2 aliphatic carbocycles. The van der Waals surface area contributed by atoms with E-state index in [1.165, 1.54) is 27.9 Å². The Labute approximate surface area is 325 Å². The minimum Gasteiger partial charge on any atom is -0.508 e. The molecule has 10 rings (SSSR count). The van der Waals surface area contributed by atoms with Crippen LogP contribution < -0.4 is 10.2 Å². The summed E-state index contributed by atoms with van der Waals surface area (Å²) in [6, 6.07) is 28.3. The van der Waals surface area contributed by atoms with Gasteiger partial charge in [0.25, 0.3) is 11.8 Å². The van der Waals surface area contributed by atoms with Crippen molar-refractivity contribution >= 4 is 35.2 Å². The van der Waals surface area contributed by atoms with Crippen LogP contribution in [0.3, 0.4) is 0 Å². The number of aryl methyl sites for hydroxylation is 1. The first kappa shape index (κ1) is 34.7. The molecule has 1 spiro atoms. The molecule has 10 heteroatoms. The van der Waals surface area contributed by atoms with Crippen LogP contribution in [0.2, 0.25) is 0 Å². The summed E-state index contributed by atoms with van der Waals surface area (Å²) in [5.74, 6) is -0.875. The number of carbonyl (C=O) groups is 5. The number of amides is 5. The number of rotatable bonds is 5. The van der Waals surface area contributed by atoms with E-state index in [-0.39, 0.29) is 36.0 Å². The van der Waals surface area contributed by atoms with E-state index in [1.807, 2.05) is 29.2 Å². The minimum absolute atomic E-state index is 0.00857. The van der Waals surface area contributed by atoms with E-state index in [4.69, 9.17) is 0 Å². The van der Waals surface area contributed by atoms with Gasteiger partial charge in [-0.15, -0.1) is 0 Å². The Morgan fingerprint density at radius 2 is 1.39 bits per heavy atom. The van der Waals surface area contributed by atoms with Crippen LogP contribution in [0.1, 0.15) is 98.0 Å². The van der Waals surface area contributed by atoms with Gasteiger partial charge in [0.15, 0.2) is 0 Å². The number of benzene rings is 4. The molecular weight excluding hydrogens is 705 g/mol. The molecule has 3 unspecified atom stereocenters. The number of aromatic hydroxyl groups is 1. The van der Waals surface area contributed by atoms with Crippen LogP contribution >= 0.6 is 0 Å². The summed E-state index contributed by atoms with van der Waals surface area (Å²) < 4.78 is 0. The number of fused-ring (bicyclic) bond motifs is 3. The van der Waals surface area contributed by atoms with Gasteiger partial charge in [0.2, 0.25) is 17.7 Å². The summed E-state index contributed by atoms with van der Waals surface area (Å²) in [6.07, 6.45) is 5.29. The zero-order valence-corrected chi connectivity index (χ0v) is 31.2. The van der Waals surface area contributed by atoms with Crippen molar-refractivity contribution in [2.24, 2.45) is 11.3 Å². The molecule has 3 atom stereocenters. The number of carbonyl (C=O) groups excluding carboxylic acids is 5. The Morgan fingerprint density at radius 1 is 0.714 bits per heavy atom. The number of imide groups is 2. The molecule has 284 valence electrons. The number of piperidine rings is 2. The molecule has 56 heavy (non-hydrogen) atoms. The maximum Gasteiger partial charge on any atom is 0.262 e. The van der Waals surface area contributed by atoms with Crippen molar-refractivity contribution in [1.82, 2.24) is 15.1 Å². The van der Waals surface area contributed by atoms with Crippen molar-refractivity contribution in [2.75, 3.05) is 31.1 Å². The van der Waals surface area contributed by atoms with Gasteiger partial charge in [0.05, 0.1) is 11.1 Å². The molecule has 3 fully saturated rings. The Kier molecular flexibility index (Phi) is 8.16. The quantitative estimate of drug-likeness (QED) is 0.258. The highest BCUT2D eigenvalue weighted by atomic mass is 16.3. The summed E-state index contributed by atoms with van der Waals surface area (Å²) >= 11 is 0. The Hall–Kier alpha value is -5.77. The highest BCUT2D eigenvalue weighted by molar-refractivity contribution is 6.23. The van der Waals surface area contributed by atoms with Gasteiger partial charge < -0.3 is 14.9 Å². The second-order valence-corrected chi connectivity index (χ2v) is 16.9. The van der Waals surface area contributed by atoms with Crippen LogP contribution in [0, 0.1) is 11.3 Å². The average Bonchev–Trinajstić information content (AvgIpc) is 3.70. The van der Waals surface area contributed by atoms with Gasteiger partial charge in [0.1, 0.15) is 11.8 Å². The molecule has 2 N–H and O–H groups in total. The molecule has 0 radical (unpaired) electrons. The molecule has 0 saturated carbocycles. The third kappa shape index (κ3) is 5.71. The summed E-state index contributed by atoms with van der Waals surface area (Å²) in [5.41, 5.74) is 8.93. The van der Waals surface area contributed by atoms with Crippen LogP contribution in [0.4, 0.5) is 5.69 Å². The van der Waals surface area contributed by atoms with E-state index in [0.29, 0.717) is 35.9 Å². The topological polar surface area (TPSA) is 127 Å². The molecule has 5 amide bonds. The lowest BCUT2D eigenvalue weighted by Crippen LogP contribution is -2.60. The average molecular weight is 749 g/mol. The number of hydrogen-bond acceptors (Lipinski definition) is 7.